The molecule has 2 rings (SSSR count). The second-order valence-electron chi connectivity index (χ2n) is 6.15. The minimum atomic E-state index is -0.0986. The van der Waals surface area contributed by atoms with Crippen molar-refractivity contribution in [3.05, 3.63) is 0 Å². The standard InChI is InChI=1S/C15H28N2O/c1-3-8-15(9-6-10-16-12-15)14(18)17-11-5-4-7-13(17)2/h13,16H,3-12H2,1-2H3. The van der Waals surface area contributed by atoms with Gasteiger partial charge in [-0.3, -0.25) is 4.79 Å². The molecule has 0 spiro atoms. The lowest BCUT2D eigenvalue weighted by atomic mass is 9.75. The Bertz CT molecular complexity index is 279. The lowest BCUT2D eigenvalue weighted by molar-refractivity contribution is -0.147. The summed E-state index contributed by atoms with van der Waals surface area (Å²) in [6, 6.07) is 0.446. The average molecular weight is 252 g/mol. The smallest absolute Gasteiger partial charge is 0.230 e. The van der Waals surface area contributed by atoms with E-state index in [0.717, 1.165) is 45.3 Å². The van der Waals surface area contributed by atoms with Gasteiger partial charge >= 0.3 is 0 Å². The van der Waals surface area contributed by atoms with Crippen LogP contribution in [0.1, 0.15) is 58.8 Å². The van der Waals surface area contributed by atoms with E-state index in [4.69, 9.17) is 0 Å². The number of hydrogen-bond acceptors (Lipinski definition) is 2. The van der Waals surface area contributed by atoms with Gasteiger partial charge in [0.25, 0.3) is 0 Å². The second-order valence-corrected chi connectivity index (χ2v) is 6.15. The molecule has 0 saturated carbocycles. The number of nitrogens with one attached hydrogen (secondary N) is 1. The van der Waals surface area contributed by atoms with Crippen LogP contribution in [0.25, 0.3) is 0 Å². The number of carbonyl (C=O) groups is 1. The molecule has 104 valence electrons. The van der Waals surface area contributed by atoms with Crippen LogP contribution in [0.4, 0.5) is 0 Å². The largest absolute Gasteiger partial charge is 0.339 e. The SMILES string of the molecule is CCCC1(C(=O)N2CCCCC2C)CCCNC1. The minimum absolute atomic E-state index is 0.0986. The van der Waals surface area contributed by atoms with Gasteiger partial charge in [0, 0.05) is 19.1 Å². The zero-order valence-electron chi connectivity index (χ0n) is 12.0. The highest BCUT2D eigenvalue weighted by Crippen LogP contribution is 2.35. The summed E-state index contributed by atoms with van der Waals surface area (Å²) in [5, 5.41) is 3.45. The molecule has 2 unspecified atom stereocenters. The van der Waals surface area contributed by atoms with Crippen molar-refractivity contribution >= 4 is 5.91 Å². The minimum Gasteiger partial charge on any atom is -0.339 e. The van der Waals surface area contributed by atoms with Crippen LogP contribution in [-0.2, 0) is 4.79 Å². The molecule has 0 aliphatic carbocycles. The first-order valence-electron chi connectivity index (χ1n) is 7.71. The van der Waals surface area contributed by atoms with Gasteiger partial charge < -0.3 is 10.2 Å². The molecule has 2 fully saturated rings. The molecule has 2 heterocycles. The molecule has 3 nitrogen and oxygen atoms in total. The van der Waals surface area contributed by atoms with Crippen molar-refractivity contribution in [3.8, 4) is 0 Å². The first kappa shape index (κ1) is 13.9. The van der Waals surface area contributed by atoms with Crippen LogP contribution in [0.15, 0.2) is 0 Å². The van der Waals surface area contributed by atoms with Crippen molar-refractivity contribution in [1.29, 1.82) is 0 Å². The van der Waals surface area contributed by atoms with Crippen LogP contribution in [0.5, 0.6) is 0 Å². The van der Waals surface area contributed by atoms with E-state index in [1.165, 1.54) is 19.3 Å². The molecule has 0 aromatic rings. The van der Waals surface area contributed by atoms with Crippen LogP contribution in [0.2, 0.25) is 0 Å². The Kier molecular flexibility index (Phi) is 4.66. The quantitative estimate of drug-likeness (QED) is 0.837. The summed E-state index contributed by atoms with van der Waals surface area (Å²) in [6.07, 6.45) is 8.03. The Morgan fingerprint density at radius 1 is 1.39 bits per heavy atom. The van der Waals surface area contributed by atoms with Gasteiger partial charge in [-0.1, -0.05) is 13.3 Å². The third-order valence-electron chi connectivity index (χ3n) is 4.72. The Morgan fingerprint density at radius 3 is 2.83 bits per heavy atom. The predicted molar refractivity (Wildman–Crippen MR) is 74.5 cm³/mol. The van der Waals surface area contributed by atoms with Crippen molar-refractivity contribution in [2.75, 3.05) is 19.6 Å². The van der Waals surface area contributed by atoms with Crippen molar-refractivity contribution in [1.82, 2.24) is 10.2 Å². The van der Waals surface area contributed by atoms with E-state index in [-0.39, 0.29) is 5.41 Å². The molecule has 0 radical (unpaired) electrons. The molecule has 1 amide bonds. The second kappa shape index (κ2) is 6.05. The van der Waals surface area contributed by atoms with E-state index in [1.54, 1.807) is 0 Å². The summed E-state index contributed by atoms with van der Waals surface area (Å²) in [7, 11) is 0. The number of piperidine rings is 2. The zero-order chi connectivity index (χ0) is 13.0. The molecule has 2 atom stereocenters. The van der Waals surface area contributed by atoms with E-state index in [1.807, 2.05) is 0 Å². The number of nitrogens with zero attached hydrogens (tertiary/aromatic N) is 1. The van der Waals surface area contributed by atoms with Crippen molar-refractivity contribution in [2.24, 2.45) is 5.41 Å². The maximum Gasteiger partial charge on any atom is 0.230 e. The lowest BCUT2D eigenvalue weighted by Gasteiger charge is -2.43. The Balaban J connectivity index is 2.11. The number of likely N-dealkylation sites (tertiary alicyclic amines) is 1. The molecule has 1 N–H and O–H groups in total. The Labute approximate surface area is 111 Å². The fourth-order valence-electron chi connectivity index (χ4n) is 3.65. The van der Waals surface area contributed by atoms with Gasteiger partial charge in [-0.05, 0) is 52.0 Å². The molecule has 2 aliphatic rings. The zero-order valence-corrected chi connectivity index (χ0v) is 12.0. The number of hydrogen-bond donors (Lipinski definition) is 1. The highest BCUT2D eigenvalue weighted by atomic mass is 16.2. The van der Waals surface area contributed by atoms with Crippen molar-refractivity contribution in [2.45, 2.75) is 64.8 Å². The van der Waals surface area contributed by atoms with Crippen LogP contribution < -0.4 is 5.32 Å². The van der Waals surface area contributed by atoms with Crippen LogP contribution in [-0.4, -0.2) is 36.5 Å². The molecule has 2 aliphatic heterocycles. The summed E-state index contributed by atoms with van der Waals surface area (Å²) in [5.41, 5.74) is -0.0986. The van der Waals surface area contributed by atoms with Gasteiger partial charge in [-0.25, -0.2) is 0 Å². The van der Waals surface area contributed by atoms with E-state index in [9.17, 15) is 4.79 Å². The molecular formula is C15H28N2O. The molecular weight excluding hydrogens is 224 g/mol. The van der Waals surface area contributed by atoms with Gasteiger partial charge in [0.1, 0.15) is 0 Å². The molecule has 0 aromatic heterocycles. The molecule has 2 saturated heterocycles. The predicted octanol–water partition coefficient (Wildman–Crippen LogP) is 2.56. The highest BCUT2D eigenvalue weighted by Gasteiger charge is 2.42. The number of amides is 1. The highest BCUT2D eigenvalue weighted by molar-refractivity contribution is 5.83. The molecule has 3 heteroatoms. The topological polar surface area (TPSA) is 32.3 Å². The maximum atomic E-state index is 13.0. The average Bonchev–Trinajstić information content (AvgIpc) is 2.40. The molecule has 18 heavy (non-hydrogen) atoms. The summed E-state index contributed by atoms with van der Waals surface area (Å²) in [6.45, 7) is 7.36. The summed E-state index contributed by atoms with van der Waals surface area (Å²) < 4.78 is 0. The van der Waals surface area contributed by atoms with E-state index in [2.05, 4.69) is 24.1 Å². The maximum absolute atomic E-state index is 13.0. The summed E-state index contributed by atoms with van der Waals surface area (Å²) in [5.74, 6) is 0.434. The fraction of sp³-hybridized carbons (Fsp3) is 0.933. The lowest BCUT2D eigenvalue weighted by Crippen LogP contribution is -2.55. The van der Waals surface area contributed by atoms with Crippen LogP contribution in [0, 0.1) is 5.41 Å². The van der Waals surface area contributed by atoms with Crippen LogP contribution >= 0.6 is 0 Å². The molecule has 0 bridgehead atoms. The Hall–Kier alpha value is -0.570. The van der Waals surface area contributed by atoms with E-state index in [0.29, 0.717) is 11.9 Å². The van der Waals surface area contributed by atoms with E-state index < -0.39 is 0 Å². The monoisotopic (exact) mass is 252 g/mol. The third kappa shape index (κ3) is 2.71. The normalized spacial score (nSPS) is 33.4. The molecule has 0 aromatic carbocycles. The number of carbonyl (C=O) groups excluding carboxylic acids is 1. The first-order valence-corrected chi connectivity index (χ1v) is 7.71. The fourth-order valence-corrected chi connectivity index (χ4v) is 3.65. The van der Waals surface area contributed by atoms with Gasteiger partial charge in [0.2, 0.25) is 5.91 Å². The van der Waals surface area contributed by atoms with Crippen molar-refractivity contribution in [3.63, 3.8) is 0 Å². The summed E-state index contributed by atoms with van der Waals surface area (Å²) >= 11 is 0. The van der Waals surface area contributed by atoms with Gasteiger partial charge in [-0.15, -0.1) is 0 Å². The van der Waals surface area contributed by atoms with Gasteiger partial charge in [-0.2, -0.15) is 0 Å². The van der Waals surface area contributed by atoms with Crippen LogP contribution in [0.3, 0.4) is 0 Å². The van der Waals surface area contributed by atoms with Gasteiger partial charge in [0.05, 0.1) is 5.41 Å². The Morgan fingerprint density at radius 2 is 2.22 bits per heavy atom. The number of rotatable bonds is 3. The third-order valence-corrected chi connectivity index (χ3v) is 4.72. The van der Waals surface area contributed by atoms with Gasteiger partial charge in [0.15, 0.2) is 0 Å². The first-order chi connectivity index (χ1) is 8.69. The van der Waals surface area contributed by atoms with Crippen molar-refractivity contribution < 1.29 is 4.79 Å². The van der Waals surface area contributed by atoms with E-state index >= 15 is 0 Å². The summed E-state index contributed by atoms with van der Waals surface area (Å²) in [4.78, 5) is 15.1.